The molecular formula is C19H20FN7O5S. The van der Waals surface area contributed by atoms with Crippen LogP contribution >= 0.6 is 0 Å². The molecule has 4 heterocycles. The molecule has 0 unspecified atom stereocenters. The summed E-state index contributed by atoms with van der Waals surface area (Å²) in [4.78, 5) is 16.8. The smallest absolute Gasteiger partial charge is 0.319 e. The van der Waals surface area contributed by atoms with Gasteiger partial charge in [-0.05, 0) is 0 Å². The SMILES string of the molecule is CNc1cc(Nc2cc(F)cc3c2OCCO3)nc2c(NC(=O)NC3CS(=O)(=O)C3)cnn12. The number of fused-ring (bicyclic) bond motifs is 2. The van der Waals surface area contributed by atoms with E-state index < -0.39 is 27.7 Å². The van der Waals surface area contributed by atoms with Crippen LogP contribution in [0.1, 0.15) is 0 Å². The summed E-state index contributed by atoms with van der Waals surface area (Å²) >= 11 is 0. The third-order valence-corrected chi connectivity index (χ3v) is 6.91. The summed E-state index contributed by atoms with van der Waals surface area (Å²) < 4.78 is 49.2. The predicted octanol–water partition coefficient (Wildman–Crippen LogP) is 1.34. The van der Waals surface area contributed by atoms with E-state index in [0.717, 1.165) is 0 Å². The van der Waals surface area contributed by atoms with Crippen molar-refractivity contribution in [3.05, 3.63) is 30.2 Å². The Balaban J connectivity index is 1.43. The summed E-state index contributed by atoms with van der Waals surface area (Å²) in [5, 5.41) is 15.5. The normalized spacial score (nSPS) is 16.7. The number of hydrogen-bond acceptors (Lipinski definition) is 9. The van der Waals surface area contributed by atoms with Gasteiger partial charge in [0.15, 0.2) is 27.0 Å². The number of carbonyl (C=O) groups is 1. The van der Waals surface area contributed by atoms with E-state index in [9.17, 15) is 17.6 Å². The highest BCUT2D eigenvalue weighted by molar-refractivity contribution is 7.92. The van der Waals surface area contributed by atoms with Crippen molar-refractivity contribution >= 4 is 44.5 Å². The average Bonchev–Trinajstić information content (AvgIpc) is 3.14. The van der Waals surface area contributed by atoms with E-state index in [-0.39, 0.29) is 11.5 Å². The molecule has 3 aromatic rings. The second kappa shape index (κ2) is 7.95. The van der Waals surface area contributed by atoms with Gasteiger partial charge in [-0.25, -0.2) is 22.6 Å². The fraction of sp³-hybridized carbons (Fsp3) is 0.316. The lowest BCUT2D eigenvalue weighted by Gasteiger charge is -2.26. The van der Waals surface area contributed by atoms with Gasteiger partial charge in [-0.3, -0.25) is 0 Å². The molecule has 5 rings (SSSR count). The van der Waals surface area contributed by atoms with E-state index in [4.69, 9.17) is 9.47 Å². The van der Waals surface area contributed by atoms with E-state index in [2.05, 4.69) is 31.3 Å². The van der Waals surface area contributed by atoms with Gasteiger partial charge in [0.2, 0.25) is 0 Å². The Hall–Kier alpha value is -3.81. The number of nitrogens with one attached hydrogen (secondary N) is 4. The van der Waals surface area contributed by atoms with Crippen molar-refractivity contribution in [1.29, 1.82) is 0 Å². The summed E-state index contributed by atoms with van der Waals surface area (Å²) in [5.74, 6) is 0.867. The molecule has 2 aromatic heterocycles. The number of benzene rings is 1. The Morgan fingerprint density at radius 2 is 1.97 bits per heavy atom. The summed E-state index contributed by atoms with van der Waals surface area (Å²) in [7, 11) is -1.37. The molecule has 0 aliphatic carbocycles. The topological polar surface area (TPSA) is 148 Å². The highest BCUT2D eigenvalue weighted by Crippen LogP contribution is 2.40. The quantitative estimate of drug-likeness (QED) is 0.427. The summed E-state index contributed by atoms with van der Waals surface area (Å²) in [6.45, 7) is 0.652. The molecule has 2 aliphatic heterocycles. The van der Waals surface area contributed by atoms with Crippen LogP contribution in [0.15, 0.2) is 24.4 Å². The molecule has 4 N–H and O–H groups in total. The van der Waals surface area contributed by atoms with Gasteiger partial charge in [-0.15, -0.1) is 0 Å². The average molecular weight is 477 g/mol. The van der Waals surface area contributed by atoms with Gasteiger partial charge in [-0.1, -0.05) is 0 Å². The zero-order valence-electron chi connectivity index (χ0n) is 17.4. The van der Waals surface area contributed by atoms with Gasteiger partial charge in [0.05, 0.1) is 29.4 Å². The largest absolute Gasteiger partial charge is 0.486 e. The molecule has 14 heteroatoms. The lowest BCUT2D eigenvalue weighted by molar-refractivity contribution is 0.172. The number of aromatic nitrogens is 3. The molecule has 2 amide bonds. The van der Waals surface area contributed by atoms with Gasteiger partial charge in [-0.2, -0.15) is 9.61 Å². The van der Waals surface area contributed by atoms with E-state index >= 15 is 0 Å². The lowest BCUT2D eigenvalue weighted by atomic mass is 10.2. The van der Waals surface area contributed by atoms with E-state index in [1.165, 1.54) is 22.8 Å². The third kappa shape index (κ3) is 4.16. The molecule has 2 aliphatic rings. The van der Waals surface area contributed by atoms with E-state index in [1.807, 2.05) is 0 Å². The number of ether oxygens (including phenoxy) is 2. The first-order valence-electron chi connectivity index (χ1n) is 10.0. The van der Waals surface area contributed by atoms with Gasteiger partial charge in [0.25, 0.3) is 0 Å². The van der Waals surface area contributed by atoms with Gasteiger partial charge < -0.3 is 30.7 Å². The van der Waals surface area contributed by atoms with Crippen LogP contribution in [0.25, 0.3) is 5.65 Å². The maximum atomic E-state index is 14.1. The van der Waals surface area contributed by atoms with E-state index in [0.29, 0.717) is 53.4 Å². The van der Waals surface area contributed by atoms with Crippen molar-refractivity contribution in [3.63, 3.8) is 0 Å². The fourth-order valence-electron chi connectivity index (χ4n) is 3.64. The van der Waals surface area contributed by atoms with Crippen LogP contribution in [-0.4, -0.2) is 66.9 Å². The van der Waals surface area contributed by atoms with Crippen LogP contribution in [0.4, 0.5) is 32.2 Å². The maximum Gasteiger partial charge on any atom is 0.319 e. The van der Waals surface area contributed by atoms with Crippen LogP contribution in [0.5, 0.6) is 11.5 Å². The van der Waals surface area contributed by atoms with Crippen molar-refractivity contribution in [3.8, 4) is 11.5 Å². The zero-order chi connectivity index (χ0) is 23.2. The summed E-state index contributed by atoms with van der Waals surface area (Å²) in [6.07, 6.45) is 1.42. The third-order valence-electron chi connectivity index (χ3n) is 5.09. The van der Waals surface area contributed by atoms with Crippen LogP contribution in [0.2, 0.25) is 0 Å². The zero-order valence-corrected chi connectivity index (χ0v) is 18.2. The molecule has 0 radical (unpaired) electrons. The highest BCUT2D eigenvalue weighted by Gasteiger charge is 2.34. The molecule has 0 spiro atoms. The minimum absolute atomic E-state index is 0.0882. The van der Waals surface area contributed by atoms with Crippen LogP contribution < -0.4 is 30.7 Å². The summed E-state index contributed by atoms with van der Waals surface area (Å²) in [5.41, 5.74) is 0.945. The number of urea groups is 1. The van der Waals surface area contributed by atoms with Gasteiger partial charge in [0, 0.05) is 25.2 Å². The fourth-order valence-corrected chi connectivity index (χ4v) is 4.93. The van der Waals surface area contributed by atoms with Crippen molar-refractivity contribution in [1.82, 2.24) is 19.9 Å². The molecule has 0 bridgehead atoms. The minimum Gasteiger partial charge on any atom is -0.486 e. The molecule has 0 atom stereocenters. The number of nitrogens with zero attached hydrogens (tertiary/aromatic N) is 3. The van der Waals surface area contributed by atoms with Crippen LogP contribution in [-0.2, 0) is 9.84 Å². The Morgan fingerprint density at radius 3 is 2.73 bits per heavy atom. The maximum absolute atomic E-state index is 14.1. The number of carbonyl (C=O) groups excluding carboxylic acids is 1. The van der Waals surface area contributed by atoms with Crippen molar-refractivity contribution < 1.29 is 27.1 Å². The number of amides is 2. The first kappa shape index (κ1) is 21.1. The molecule has 1 fully saturated rings. The molecule has 33 heavy (non-hydrogen) atoms. The van der Waals surface area contributed by atoms with Crippen molar-refractivity contribution in [2.75, 3.05) is 47.7 Å². The number of sulfone groups is 1. The first-order chi connectivity index (χ1) is 15.8. The van der Waals surface area contributed by atoms with Gasteiger partial charge in [0.1, 0.15) is 36.4 Å². The molecule has 1 saturated heterocycles. The molecule has 0 saturated carbocycles. The molecule has 1 aromatic carbocycles. The number of rotatable bonds is 5. The minimum atomic E-state index is -3.06. The monoisotopic (exact) mass is 477 g/mol. The number of halogens is 1. The number of anilines is 4. The van der Waals surface area contributed by atoms with Gasteiger partial charge >= 0.3 is 6.03 Å². The van der Waals surface area contributed by atoms with Crippen LogP contribution in [0.3, 0.4) is 0 Å². The highest BCUT2D eigenvalue weighted by atomic mass is 32.2. The van der Waals surface area contributed by atoms with E-state index in [1.54, 1.807) is 13.1 Å². The second-order valence-electron chi connectivity index (χ2n) is 7.55. The molecule has 174 valence electrons. The lowest BCUT2D eigenvalue weighted by Crippen LogP contribution is -2.53. The Bertz CT molecular complexity index is 1350. The summed E-state index contributed by atoms with van der Waals surface area (Å²) in [6, 6.07) is 3.18. The van der Waals surface area contributed by atoms with Crippen molar-refractivity contribution in [2.45, 2.75) is 6.04 Å². The molecular weight excluding hydrogens is 457 g/mol. The number of hydrogen-bond donors (Lipinski definition) is 4. The molecule has 12 nitrogen and oxygen atoms in total. The van der Waals surface area contributed by atoms with Crippen LogP contribution in [0, 0.1) is 5.82 Å². The second-order valence-corrected chi connectivity index (χ2v) is 9.70. The van der Waals surface area contributed by atoms with Crippen molar-refractivity contribution in [2.24, 2.45) is 0 Å². The Kier molecular flexibility index (Phi) is 5.08. The first-order valence-corrected chi connectivity index (χ1v) is 11.8. The standard InChI is InChI=1S/C19H20FN7O5S/c1-21-16-6-15(24-12-4-10(20)5-14-17(12)32-3-2-31-14)26-18-13(7-22-27(16)18)25-19(28)23-11-8-33(29,30)9-11/h4-7,11,21H,2-3,8-9H2,1H3,(H,24,26)(H2,23,25,28). The Labute approximate surface area is 187 Å². The Morgan fingerprint density at radius 1 is 1.18 bits per heavy atom. The predicted molar refractivity (Wildman–Crippen MR) is 118 cm³/mol.